The van der Waals surface area contributed by atoms with Crippen molar-refractivity contribution in [3.63, 3.8) is 0 Å². The summed E-state index contributed by atoms with van der Waals surface area (Å²) in [4.78, 5) is 17.3. The molecule has 1 aliphatic rings. The van der Waals surface area contributed by atoms with Crippen molar-refractivity contribution in [1.29, 1.82) is 0 Å². The van der Waals surface area contributed by atoms with Gasteiger partial charge < -0.3 is 5.32 Å². The summed E-state index contributed by atoms with van der Waals surface area (Å²) in [6.45, 7) is 1.75. The highest BCUT2D eigenvalue weighted by molar-refractivity contribution is 8.00. The molecule has 0 saturated carbocycles. The highest BCUT2D eigenvalue weighted by Gasteiger charge is 2.30. The summed E-state index contributed by atoms with van der Waals surface area (Å²) >= 11 is 1.20. The summed E-state index contributed by atoms with van der Waals surface area (Å²) in [5.74, 6) is -0.115. The van der Waals surface area contributed by atoms with Gasteiger partial charge in [-0.05, 0) is 13.3 Å². The van der Waals surface area contributed by atoms with Gasteiger partial charge in [-0.2, -0.15) is 0 Å². The fourth-order valence-corrected chi connectivity index (χ4v) is 5.78. The third-order valence-electron chi connectivity index (χ3n) is 4.99. The Labute approximate surface area is 185 Å². The quantitative estimate of drug-likeness (QED) is 0.571. The Morgan fingerprint density at radius 2 is 1.61 bits per heavy atom. The first-order valence-electron chi connectivity index (χ1n) is 9.94. The Morgan fingerprint density at radius 3 is 2.19 bits per heavy atom. The minimum absolute atomic E-state index is 0.00187. The first kappa shape index (κ1) is 21.5. The van der Waals surface area contributed by atoms with Crippen LogP contribution in [0.3, 0.4) is 0 Å². The Balaban J connectivity index is 1.56. The lowest BCUT2D eigenvalue weighted by molar-refractivity contribution is -0.120. The monoisotopic (exact) mass is 454 g/mol. The number of nitrogens with one attached hydrogen (secondary N) is 1. The maximum Gasteiger partial charge on any atom is 0.233 e. The zero-order valence-corrected chi connectivity index (χ0v) is 18.6. The van der Waals surface area contributed by atoms with Crippen LogP contribution in [0.5, 0.6) is 0 Å². The second-order valence-corrected chi connectivity index (χ2v) is 10.9. The number of carbonyl (C=O) groups is 1. The van der Waals surface area contributed by atoms with E-state index in [1.54, 1.807) is 6.92 Å². The summed E-state index contributed by atoms with van der Waals surface area (Å²) in [6, 6.07) is 19.1. The van der Waals surface area contributed by atoms with E-state index < -0.39 is 15.1 Å². The normalized spacial score (nSPS) is 18.4. The third-order valence-corrected chi connectivity index (χ3v) is 7.71. The number of nitrogens with zero attached hydrogens (tertiary/aromatic N) is 3. The van der Waals surface area contributed by atoms with Gasteiger partial charge in [0.05, 0.1) is 16.8 Å². The predicted octanol–water partition coefficient (Wildman–Crippen LogP) is 2.99. The van der Waals surface area contributed by atoms with Crippen LogP contribution in [-0.4, -0.2) is 52.3 Å². The second-order valence-electron chi connectivity index (χ2n) is 7.39. The van der Waals surface area contributed by atoms with E-state index in [2.05, 4.69) is 15.5 Å². The number of rotatable bonds is 6. The van der Waals surface area contributed by atoms with E-state index in [1.807, 2.05) is 60.7 Å². The van der Waals surface area contributed by atoms with Crippen LogP contribution in [0, 0.1) is 0 Å². The minimum atomic E-state index is -3.05. The van der Waals surface area contributed by atoms with E-state index in [0.717, 1.165) is 11.1 Å². The Hall–Kier alpha value is -2.78. The van der Waals surface area contributed by atoms with E-state index in [0.29, 0.717) is 23.0 Å². The number of aromatic nitrogens is 3. The third kappa shape index (κ3) is 5.29. The Bertz CT molecular complexity index is 1170. The molecule has 31 heavy (non-hydrogen) atoms. The van der Waals surface area contributed by atoms with E-state index >= 15 is 0 Å². The van der Waals surface area contributed by atoms with Crippen LogP contribution >= 0.6 is 11.8 Å². The molecule has 0 unspecified atom stereocenters. The van der Waals surface area contributed by atoms with Crippen molar-refractivity contribution in [3.05, 3.63) is 60.7 Å². The minimum Gasteiger partial charge on any atom is -0.351 e. The zero-order chi connectivity index (χ0) is 21.8. The van der Waals surface area contributed by atoms with E-state index in [9.17, 15) is 13.2 Å². The molecule has 0 radical (unpaired) electrons. The van der Waals surface area contributed by atoms with Gasteiger partial charge in [0.25, 0.3) is 0 Å². The van der Waals surface area contributed by atoms with E-state index in [1.165, 1.54) is 11.8 Å². The van der Waals surface area contributed by atoms with Gasteiger partial charge in [-0.25, -0.2) is 13.4 Å². The molecule has 0 aliphatic carbocycles. The molecule has 1 amide bonds. The molecule has 0 spiro atoms. The molecule has 4 rings (SSSR count). The number of carbonyl (C=O) groups excluding carboxylic acids is 1. The number of hydrogen-bond acceptors (Lipinski definition) is 7. The van der Waals surface area contributed by atoms with Crippen LogP contribution in [0.1, 0.15) is 13.3 Å². The average molecular weight is 455 g/mol. The van der Waals surface area contributed by atoms with Crippen molar-refractivity contribution < 1.29 is 13.2 Å². The first-order valence-corrected chi connectivity index (χ1v) is 12.6. The van der Waals surface area contributed by atoms with Crippen molar-refractivity contribution in [2.45, 2.75) is 29.8 Å². The lowest BCUT2D eigenvalue weighted by atomic mass is 10.0. The number of thioether (sulfide) groups is 1. The number of sulfone groups is 1. The van der Waals surface area contributed by atoms with Gasteiger partial charge in [0.1, 0.15) is 11.4 Å². The number of amides is 1. The molecule has 3 aromatic rings. The molecule has 2 aromatic carbocycles. The summed E-state index contributed by atoms with van der Waals surface area (Å²) in [7, 11) is -3.05. The number of benzene rings is 2. The molecule has 9 heteroatoms. The van der Waals surface area contributed by atoms with Gasteiger partial charge in [0.15, 0.2) is 9.84 Å². The maximum absolute atomic E-state index is 12.6. The predicted molar refractivity (Wildman–Crippen MR) is 121 cm³/mol. The molecule has 7 nitrogen and oxygen atoms in total. The summed E-state index contributed by atoms with van der Waals surface area (Å²) < 4.78 is 23.2. The molecule has 0 bridgehead atoms. The van der Waals surface area contributed by atoms with Gasteiger partial charge in [0, 0.05) is 17.2 Å². The van der Waals surface area contributed by atoms with Crippen molar-refractivity contribution in [1.82, 2.24) is 20.5 Å². The molecule has 2 heterocycles. The molecular weight excluding hydrogens is 432 g/mol. The molecular formula is C22H22N4O3S2. The topological polar surface area (TPSA) is 102 Å². The van der Waals surface area contributed by atoms with Gasteiger partial charge in [-0.1, -0.05) is 72.4 Å². The summed E-state index contributed by atoms with van der Waals surface area (Å²) in [5, 5.41) is 11.4. The highest BCUT2D eigenvalue weighted by Crippen LogP contribution is 2.30. The molecule has 160 valence electrons. The maximum atomic E-state index is 12.6. The fraction of sp³-hybridized carbons (Fsp3) is 0.273. The van der Waals surface area contributed by atoms with E-state index in [-0.39, 0.29) is 23.5 Å². The van der Waals surface area contributed by atoms with Gasteiger partial charge in [-0.3, -0.25) is 4.79 Å². The number of hydrogen-bond donors (Lipinski definition) is 1. The van der Waals surface area contributed by atoms with Crippen LogP contribution in [0.2, 0.25) is 0 Å². The summed E-state index contributed by atoms with van der Waals surface area (Å²) in [5.41, 5.74) is 3.18. The van der Waals surface area contributed by atoms with Crippen LogP contribution in [0.4, 0.5) is 0 Å². The largest absolute Gasteiger partial charge is 0.351 e. The molecule has 1 N–H and O–H groups in total. The SMILES string of the molecule is C[C@@H](Sc1nnc(-c2ccccc2)c(-c2ccccc2)n1)C(=O)N[C@@H]1CCS(=O)(=O)C1. The zero-order valence-electron chi connectivity index (χ0n) is 16.9. The molecule has 1 aliphatic heterocycles. The second kappa shape index (κ2) is 9.15. The van der Waals surface area contributed by atoms with Crippen molar-refractivity contribution in [3.8, 4) is 22.5 Å². The first-order chi connectivity index (χ1) is 14.9. The van der Waals surface area contributed by atoms with Crippen LogP contribution < -0.4 is 5.32 Å². The highest BCUT2D eigenvalue weighted by atomic mass is 32.2. The average Bonchev–Trinajstić information content (AvgIpc) is 3.13. The summed E-state index contributed by atoms with van der Waals surface area (Å²) in [6.07, 6.45) is 0.452. The molecule has 1 fully saturated rings. The van der Waals surface area contributed by atoms with Crippen molar-refractivity contribution in [2.24, 2.45) is 0 Å². The van der Waals surface area contributed by atoms with E-state index in [4.69, 9.17) is 4.98 Å². The standard InChI is InChI=1S/C22H22N4O3S2/c1-15(21(27)23-18-12-13-31(28,29)14-18)30-22-24-19(16-8-4-2-5-9-16)20(25-26-22)17-10-6-3-7-11-17/h2-11,15,18H,12-14H2,1H3,(H,23,27)/t15-,18-/m1/s1. The molecule has 1 aromatic heterocycles. The fourth-order valence-electron chi connectivity index (χ4n) is 3.39. The van der Waals surface area contributed by atoms with Crippen LogP contribution in [-0.2, 0) is 14.6 Å². The van der Waals surface area contributed by atoms with Gasteiger partial charge >= 0.3 is 0 Å². The van der Waals surface area contributed by atoms with Crippen molar-refractivity contribution >= 4 is 27.5 Å². The smallest absolute Gasteiger partial charge is 0.233 e. The molecule has 2 atom stereocenters. The lowest BCUT2D eigenvalue weighted by Crippen LogP contribution is -2.40. The van der Waals surface area contributed by atoms with Gasteiger partial charge in [0.2, 0.25) is 11.1 Å². The van der Waals surface area contributed by atoms with Gasteiger partial charge in [-0.15, -0.1) is 10.2 Å². The molecule has 1 saturated heterocycles. The lowest BCUT2D eigenvalue weighted by Gasteiger charge is -2.15. The Kier molecular flexibility index (Phi) is 6.33. The van der Waals surface area contributed by atoms with Crippen LogP contribution in [0.25, 0.3) is 22.5 Å². The van der Waals surface area contributed by atoms with Crippen LogP contribution in [0.15, 0.2) is 65.8 Å². The van der Waals surface area contributed by atoms with Crippen molar-refractivity contribution in [2.75, 3.05) is 11.5 Å². The Morgan fingerprint density at radius 1 is 1.00 bits per heavy atom.